The average Bonchev–Trinajstić information content (AvgIpc) is 2.91. The molecule has 0 radical (unpaired) electrons. The van der Waals surface area contributed by atoms with Crippen LogP contribution in [-0.4, -0.2) is 26.2 Å². The Labute approximate surface area is 160 Å². The third-order valence-corrected chi connectivity index (χ3v) is 5.97. The first-order valence-electron chi connectivity index (χ1n) is 8.71. The van der Waals surface area contributed by atoms with Crippen molar-refractivity contribution in [2.45, 2.75) is 63.5 Å². The molecule has 0 bridgehead atoms. The number of ether oxygens (including phenoxy) is 1. The molecule has 1 saturated carbocycles. The Kier molecular flexibility index (Phi) is 5.35. The molecule has 136 valence electrons. The number of rotatable bonds is 5. The SMILES string of the molecule is CCCCC1(OC(N)=O)CCC(n2cc(I)c3c(N)ncnc32)CC1. The summed E-state index contributed by atoms with van der Waals surface area (Å²) < 4.78 is 8.81. The van der Waals surface area contributed by atoms with Gasteiger partial charge in [0.15, 0.2) is 0 Å². The van der Waals surface area contributed by atoms with Crippen molar-refractivity contribution in [1.82, 2.24) is 14.5 Å². The van der Waals surface area contributed by atoms with Gasteiger partial charge >= 0.3 is 6.09 Å². The minimum Gasteiger partial charge on any atom is -0.443 e. The number of carbonyl (C=O) groups is 1. The summed E-state index contributed by atoms with van der Waals surface area (Å²) in [6.45, 7) is 2.14. The molecule has 0 saturated heterocycles. The van der Waals surface area contributed by atoms with E-state index in [-0.39, 0.29) is 0 Å². The van der Waals surface area contributed by atoms with E-state index in [9.17, 15) is 4.79 Å². The van der Waals surface area contributed by atoms with E-state index in [4.69, 9.17) is 16.2 Å². The predicted octanol–water partition coefficient (Wildman–Crippen LogP) is 3.76. The lowest BCUT2D eigenvalue weighted by Crippen LogP contribution is -2.41. The second-order valence-electron chi connectivity index (χ2n) is 6.78. The fraction of sp³-hybridized carbons (Fsp3) is 0.588. The number of carbonyl (C=O) groups excluding carboxylic acids is 1. The normalized spacial score (nSPS) is 23.7. The highest BCUT2D eigenvalue weighted by molar-refractivity contribution is 14.1. The zero-order chi connectivity index (χ0) is 18.0. The maximum Gasteiger partial charge on any atom is 0.405 e. The Morgan fingerprint density at radius 2 is 2.16 bits per heavy atom. The standard InChI is InChI=1S/C17H24IN5O2/c1-2-3-6-17(25-16(20)24)7-4-11(5-8-17)23-9-12(18)13-14(19)21-10-22-15(13)23/h9-11H,2-8H2,1H3,(H2,20,24)(H2,19,21,22). The van der Waals surface area contributed by atoms with Crippen LogP contribution in [0.15, 0.2) is 12.5 Å². The van der Waals surface area contributed by atoms with E-state index in [0.717, 1.165) is 59.5 Å². The highest BCUT2D eigenvalue weighted by Gasteiger charge is 2.38. The van der Waals surface area contributed by atoms with Crippen molar-refractivity contribution in [1.29, 1.82) is 0 Å². The van der Waals surface area contributed by atoms with Gasteiger partial charge in [-0.05, 0) is 61.1 Å². The minimum absolute atomic E-state index is 0.312. The van der Waals surface area contributed by atoms with Gasteiger partial charge < -0.3 is 20.8 Å². The number of nitrogen functional groups attached to an aromatic ring is 1. The maximum absolute atomic E-state index is 11.4. The van der Waals surface area contributed by atoms with Crippen molar-refractivity contribution in [3.8, 4) is 0 Å². The lowest BCUT2D eigenvalue weighted by molar-refractivity contribution is -0.0284. The van der Waals surface area contributed by atoms with E-state index >= 15 is 0 Å². The molecule has 3 rings (SSSR count). The predicted molar refractivity (Wildman–Crippen MR) is 105 cm³/mol. The number of aromatic nitrogens is 3. The molecule has 8 heteroatoms. The molecule has 0 aromatic carbocycles. The Bertz CT molecular complexity index is 768. The van der Waals surface area contributed by atoms with Crippen LogP contribution in [0, 0.1) is 3.57 Å². The maximum atomic E-state index is 11.4. The van der Waals surface area contributed by atoms with Crippen LogP contribution >= 0.6 is 22.6 Å². The van der Waals surface area contributed by atoms with Crippen molar-refractivity contribution < 1.29 is 9.53 Å². The number of nitrogens with zero attached hydrogens (tertiary/aromatic N) is 3. The Balaban J connectivity index is 1.82. The summed E-state index contributed by atoms with van der Waals surface area (Å²) in [5, 5.41) is 0.916. The third kappa shape index (κ3) is 3.68. The van der Waals surface area contributed by atoms with Crippen LogP contribution < -0.4 is 11.5 Å². The number of hydrogen-bond acceptors (Lipinski definition) is 5. The van der Waals surface area contributed by atoms with Gasteiger partial charge in [-0.15, -0.1) is 0 Å². The van der Waals surface area contributed by atoms with Gasteiger partial charge in [0.25, 0.3) is 0 Å². The number of unbranched alkanes of at least 4 members (excludes halogenated alkanes) is 1. The molecule has 7 nitrogen and oxygen atoms in total. The fourth-order valence-corrected chi connectivity index (χ4v) is 4.68. The molecule has 0 spiro atoms. The lowest BCUT2D eigenvalue weighted by Gasteiger charge is -2.39. The number of primary amides is 1. The summed E-state index contributed by atoms with van der Waals surface area (Å²) in [6, 6.07) is 0.312. The first-order valence-corrected chi connectivity index (χ1v) is 9.78. The Hall–Kier alpha value is -1.58. The molecule has 0 atom stereocenters. The molecule has 1 aliphatic carbocycles. The van der Waals surface area contributed by atoms with E-state index in [1.54, 1.807) is 0 Å². The highest BCUT2D eigenvalue weighted by atomic mass is 127. The number of fused-ring (bicyclic) bond motifs is 1. The molecule has 0 unspecified atom stereocenters. The summed E-state index contributed by atoms with van der Waals surface area (Å²) >= 11 is 2.28. The highest BCUT2D eigenvalue weighted by Crippen LogP contribution is 2.42. The van der Waals surface area contributed by atoms with Crippen LogP contribution in [-0.2, 0) is 4.74 Å². The van der Waals surface area contributed by atoms with Crippen molar-refractivity contribution in [3.63, 3.8) is 0 Å². The molecular weight excluding hydrogens is 433 g/mol. The smallest absolute Gasteiger partial charge is 0.405 e. The number of nitrogens with two attached hydrogens (primary N) is 2. The van der Waals surface area contributed by atoms with Crippen LogP contribution in [0.2, 0.25) is 0 Å². The van der Waals surface area contributed by atoms with Crippen LogP contribution in [0.25, 0.3) is 11.0 Å². The molecule has 0 aliphatic heterocycles. The van der Waals surface area contributed by atoms with Gasteiger partial charge in [-0.3, -0.25) is 0 Å². The third-order valence-electron chi connectivity index (χ3n) is 5.16. The van der Waals surface area contributed by atoms with Gasteiger partial charge in [0.2, 0.25) is 0 Å². The van der Waals surface area contributed by atoms with Crippen molar-refractivity contribution >= 4 is 45.5 Å². The van der Waals surface area contributed by atoms with Crippen molar-refractivity contribution in [2.75, 3.05) is 5.73 Å². The minimum atomic E-state index is -0.670. The molecule has 1 aliphatic rings. The Morgan fingerprint density at radius 3 is 2.80 bits per heavy atom. The van der Waals surface area contributed by atoms with Gasteiger partial charge in [0.05, 0.1) is 5.39 Å². The quantitative estimate of drug-likeness (QED) is 0.665. The van der Waals surface area contributed by atoms with Gasteiger partial charge in [-0.1, -0.05) is 13.3 Å². The molecule has 2 aromatic rings. The van der Waals surface area contributed by atoms with E-state index in [1.807, 2.05) is 0 Å². The number of anilines is 1. The summed E-state index contributed by atoms with van der Waals surface area (Å²) in [5.74, 6) is 0.512. The van der Waals surface area contributed by atoms with Gasteiger partial charge in [0, 0.05) is 15.8 Å². The van der Waals surface area contributed by atoms with E-state index in [2.05, 4.69) is 50.2 Å². The van der Waals surface area contributed by atoms with Crippen LogP contribution in [0.1, 0.15) is 57.9 Å². The average molecular weight is 457 g/mol. The molecule has 1 amide bonds. The fourth-order valence-electron chi connectivity index (χ4n) is 3.86. The van der Waals surface area contributed by atoms with Crippen LogP contribution in [0.5, 0.6) is 0 Å². The first kappa shape index (κ1) is 18.2. The number of amides is 1. The zero-order valence-corrected chi connectivity index (χ0v) is 16.5. The molecule has 2 aromatic heterocycles. The number of hydrogen-bond donors (Lipinski definition) is 2. The summed E-state index contributed by atoms with van der Waals surface area (Å²) in [7, 11) is 0. The Morgan fingerprint density at radius 1 is 1.44 bits per heavy atom. The largest absolute Gasteiger partial charge is 0.443 e. The summed E-state index contributed by atoms with van der Waals surface area (Å²) in [5.41, 5.74) is 11.8. The van der Waals surface area contributed by atoms with Crippen LogP contribution in [0.3, 0.4) is 0 Å². The zero-order valence-electron chi connectivity index (χ0n) is 14.4. The lowest BCUT2D eigenvalue weighted by atomic mass is 9.79. The van der Waals surface area contributed by atoms with Gasteiger partial charge in [-0.25, -0.2) is 14.8 Å². The second-order valence-corrected chi connectivity index (χ2v) is 7.94. The van der Waals surface area contributed by atoms with E-state index < -0.39 is 11.7 Å². The molecule has 4 N–H and O–H groups in total. The summed E-state index contributed by atoms with van der Waals surface area (Å²) in [4.78, 5) is 19.9. The molecule has 1 fully saturated rings. The van der Waals surface area contributed by atoms with Gasteiger partial charge in [0.1, 0.15) is 23.4 Å². The second kappa shape index (κ2) is 7.35. The monoisotopic (exact) mass is 457 g/mol. The van der Waals surface area contributed by atoms with E-state index in [0.29, 0.717) is 11.9 Å². The van der Waals surface area contributed by atoms with Crippen molar-refractivity contribution in [2.24, 2.45) is 5.73 Å². The first-order chi connectivity index (χ1) is 12.0. The molecule has 2 heterocycles. The molecule has 25 heavy (non-hydrogen) atoms. The van der Waals surface area contributed by atoms with Gasteiger partial charge in [-0.2, -0.15) is 0 Å². The topological polar surface area (TPSA) is 109 Å². The van der Waals surface area contributed by atoms with Crippen LogP contribution in [0.4, 0.5) is 10.6 Å². The van der Waals surface area contributed by atoms with E-state index in [1.165, 1.54) is 6.33 Å². The summed E-state index contributed by atoms with van der Waals surface area (Å²) in [6.07, 6.45) is 9.38. The number of halogens is 1. The molecular formula is C17H24IN5O2. The van der Waals surface area contributed by atoms with Crippen molar-refractivity contribution in [3.05, 3.63) is 16.1 Å².